The predicted octanol–water partition coefficient (Wildman–Crippen LogP) is 5.03. The molecule has 0 radical (unpaired) electrons. The fourth-order valence-electron chi connectivity index (χ4n) is 2.66. The molecule has 6 nitrogen and oxygen atoms in total. The molecule has 1 amide bonds. The number of carbonyl (C=O) groups is 1. The lowest BCUT2D eigenvalue weighted by Gasteiger charge is -2.10. The molecular weight excluding hydrogens is 382 g/mol. The maximum Gasteiger partial charge on any atom is 0.387 e. The van der Waals surface area contributed by atoms with Crippen LogP contribution in [0, 0.1) is 20.8 Å². The Labute approximate surface area is 166 Å². The number of amides is 1. The summed E-state index contributed by atoms with van der Waals surface area (Å²) in [5, 5.41) is 6.48. The first kappa shape index (κ1) is 20.3. The molecule has 29 heavy (non-hydrogen) atoms. The topological polar surface area (TPSA) is 73.6 Å². The van der Waals surface area contributed by atoms with Crippen LogP contribution in [0.3, 0.4) is 0 Å². The summed E-state index contributed by atoms with van der Waals surface area (Å²) >= 11 is 0. The van der Waals surface area contributed by atoms with Crippen LogP contribution >= 0.6 is 0 Å². The zero-order valence-corrected chi connectivity index (χ0v) is 16.2. The van der Waals surface area contributed by atoms with Crippen molar-refractivity contribution >= 4 is 11.6 Å². The van der Waals surface area contributed by atoms with Gasteiger partial charge < -0.3 is 19.3 Å². The summed E-state index contributed by atoms with van der Waals surface area (Å²) in [7, 11) is 0. The number of nitrogens with one attached hydrogen (secondary N) is 1. The first-order valence-electron chi connectivity index (χ1n) is 8.85. The second-order valence-electron chi connectivity index (χ2n) is 6.48. The van der Waals surface area contributed by atoms with Crippen LogP contribution in [0.15, 0.2) is 47.0 Å². The van der Waals surface area contributed by atoms with Crippen molar-refractivity contribution in [3.8, 4) is 11.5 Å². The van der Waals surface area contributed by atoms with Gasteiger partial charge in [0, 0.05) is 5.69 Å². The molecule has 0 atom stereocenters. The number of ether oxygens (including phenoxy) is 2. The first-order valence-corrected chi connectivity index (χ1v) is 8.85. The van der Waals surface area contributed by atoms with Gasteiger partial charge in [-0.3, -0.25) is 4.79 Å². The number of carbonyl (C=O) groups excluding carboxylic acids is 1. The lowest BCUT2D eigenvalue weighted by atomic mass is 10.1. The van der Waals surface area contributed by atoms with E-state index in [9.17, 15) is 13.6 Å². The third kappa shape index (κ3) is 5.10. The number of aromatic nitrogens is 1. The third-order valence-corrected chi connectivity index (χ3v) is 4.25. The number of benzene rings is 2. The monoisotopic (exact) mass is 402 g/mol. The van der Waals surface area contributed by atoms with Gasteiger partial charge in [-0.15, -0.1) is 0 Å². The Morgan fingerprint density at radius 2 is 1.86 bits per heavy atom. The van der Waals surface area contributed by atoms with Gasteiger partial charge in [0.05, 0.1) is 5.56 Å². The summed E-state index contributed by atoms with van der Waals surface area (Å²) in [6.45, 7) is 2.80. The van der Waals surface area contributed by atoms with E-state index in [0.29, 0.717) is 22.8 Å². The summed E-state index contributed by atoms with van der Waals surface area (Å²) in [6.07, 6.45) is 0. The number of rotatable bonds is 7. The molecule has 0 saturated heterocycles. The largest absolute Gasteiger partial charge is 0.488 e. The van der Waals surface area contributed by atoms with Crippen LogP contribution in [0.5, 0.6) is 11.5 Å². The summed E-state index contributed by atoms with van der Waals surface area (Å²) in [5.41, 5.74) is 3.06. The maximum atomic E-state index is 12.6. The van der Waals surface area contributed by atoms with Crippen molar-refractivity contribution < 1.29 is 27.6 Å². The van der Waals surface area contributed by atoms with E-state index >= 15 is 0 Å². The van der Waals surface area contributed by atoms with E-state index in [1.54, 1.807) is 6.92 Å². The van der Waals surface area contributed by atoms with Crippen LogP contribution < -0.4 is 14.8 Å². The van der Waals surface area contributed by atoms with Gasteiger partial charge in [0.25, 0.3) is 5.91 Å². The lowest BCUT2D eigenvalue weighted by Crippen LogP contribution is -2.15. The van der Waals surface area contributed by atoms with Crippen LogP contribution in [-0.2, 0) is 6.61 Å². The fraction of sp³-hybridized carbons (Fsp3) is 0.238. The Balaban J connectivity index is 1.71. The number of aryl methyl sites for hydroxylation is 3. The molecule has 152 valence electrons. The number of anilines is 1. The molecule has 0 saturated carbocycles. The van der Waals surface area contributed by atoms with Crippen LogP contribution in [0.1, 0.15) is 32.9 Å². The molecule has 0 aliphatic heterocycles. The molecule has 0 fully saturated rings. The molecule has 0 spiro atoms. The zero-order chi connectivity index (χ0) is 21.0. The average Bonchev–Trinajstić information content (AvgIpc) is 3.04. The van der Waals surface area contributed by atoms with Crippen molar-refractivity contribution in [3.63, 3.8) is 0 Å². The number of alkyl halides is 2. The second-order valence-corrected chi connectivity index (χ2v) is 6.48. The standard InChI is InChI=1S/C21H20F2N2O4/c1-12-4-5-13(2)18(10-12)27-11-17-14(3)29-25-19(17)20(26)24-15-6-8-16(9-7-15)28-21(22)23/h4-10,21H,11H2,1-3H3,(H,24,26). The highest BCUT2D eigenvalue weighted by atomic mass is 19.3. The molecule has 1 heterocycles. The summed E-state index contributed by atoms with van der Waals surface area (Å²) < 4.78 is 39.8. The molecule has 1 aromatic heterocycles. The minimum atomic E-state index is -2.91. The highest BCUT2D eigenvalue weighted by Gasteiger charge is 2.21. The Morgan fingerprint density at radius 1 is 1.14 bits per heavy atom. The zero-order valence-electron chi connectivity index (χ0n) is 16.2. The van der Waals surface area contributed by atoms with Crippen LogP contribution in [0.2, 0.25) is 0 Å². The Morgan fingerprint density at radius 3 is 2.55 bits per heavy atom. The van der Waals surface area contributed by atoms with Crippen LogP contribution in [0.25, 0.3) is 0 Å². The van der Waals surface area contributed by atoms with Gasteiger partial charge in [0.15, 0.2) is 5.69 Å². The van der Waals surface area contributed by atoms with Crippen LogP contribution in [-0.4, -0.2) is 17.7 Å². The van der Waals surface area contributed by atoms with E-state index in [1.807, 2.05) is 32.0 Å². The fourth-order valence-corrected chi connectivity index (χ4v) is 2.66. The molecule has 0 bridgehead atoms. The van der Waals surface area contributed by atoms with Crippen molar-refractivity contribution in [1.82, 2.24) is 5.16 Å². The molecule has 1 N–H and O–H groups in total. The molecule has 0 aliphatic rings. The number of hydrogen-bond donors (Lipinski definition) is 1. The van der Waals surface area contributed by atoms with Gasteiger partial charge in [-0.1, -0.05) is 17.3 Å². The molecule has 8 heteroatoms. The van der Waals surface area contributed by atoms with Gasteiger partial charge in [-0.2, -0.15) is 8.78 Å². The van der Waals surface area contributed by atoms with Crippen LogP contribution in [0.4, 0.5) is 14.5 Å². The van der Waals surface area contributed by atoms with Gasteiger partial charge >= 0.3 is 6.61 Å². The van der Waals surface area contributed by atoms with Crippen molar-refractivity contribution in [2.75, 3.05) is 5.32 Å². The molecule has 2 aromatic carbocycles. The Bertz CT molecular complexity index is 1000. The quantitative estimate of drug-likeness (QED) is 0.600. The second kappa shape index (κ2) is 8.72. The SMILES string of the molecule is Cc1ccc(C)c(OCc2c(C(=O)Nc3ccc(OC(F)F)cc3)noc2C)c1. The van der Waals surface area contributed by atoms with Crippen molar-refractivity contribution in [2.24, 2.45) is 0 Å². The number of halogens is 2. The smallest absolute Gasteiger partial charge is 0.387 e. The first-order chi connectivity index (χ1) is 13.8. The average molecular weight is 402 g/mol. The molecule has 0 aliphatic carbocycles. The third-order valence-electron chi connectivity index (χ3n) is 4.25. The highest BCUT2D eigenvalue weighted by molar-refractivity contribution is 6.03. The number of hydrogen-bond acceptors (Lipinski definition) is 5. The van der Waals surface area contributed by atoms with Gasteiger partial charge in [-0.05, 0) is 62.2 Å². The van der Waals surface area contributed by atoms with Gasteiger partial charge in [-0.25, -0.2) is 0 Å². The summed E-state index contributed by atoms with van der Waals surface area (Å²) in [6, 6.07) is 11.4. The van der Waals surface area contributed by atoms with Gasteiger partial charge in [0.1, 0.15) is 23.9 Å². The maximum absolute atomic E-state index is 12.6. The van der Waals surface area contributed by atoms with Crippen molar-refractivity contribution in [1.29, 1.82) is 0 Å². The minimum Gasteiger partial charge on any atom is -0.488 e. The minimum absolute atomic E-state index is 0.00195. The molecule has 0 unspecified atom stereocenters. The van der Waals surface area contributed by atoms with Crippen molar-refractivity contribution in [3.05, 3.63) is 70.6 Å². The lowest BCUT2D eigenvalue weighted by molar-refractivity contribution is -0.0498. The van der Waals surface area contributed by atoms with E-state index in [2.05, 4.69) is 15.2 Å². The number of nitrogens with zero attached hydrogens (tertiary/aromatic N) is 1. The van der Waals surface area contributed by atoms with E-state index in [-0.39, 0.29) is 18.1 Å². The summed E-state index contributed by atoms with van der Waals surface area (Å²) in [5.74, 6) is 0.689. The van der Waals surface area contributed by atoms with E-state index in [1.165, 1.54) is 24.3 Å². The molecule has 3 aromatic rings. The van der Waals surface area contributed by atoms with E-state index in [4.69, 9.17) is 9.26 Å². The molecule has 3 rings (SSSR count). The Hall–Kier alpha value is -3.42. The van der Waals surface area contributed by atoms with Crippen molar-refractivity contribution in [2.45, 2.75) is 34.0 Å². The Kier molecular flexibility index (Phi) is 6.11. The molecular formula is C21H20F2N2O4. The summed E-state index contributed by atoms with van der Waals surface area (Å²) in [4.78, 5) is 12.6. The van der Waals surface area contributed by atoms with E-state index in [0.717, 1.165) is 11.1 Å². The van der Waals surface area contributed by atoms with Gasteiger partial charge in [0.2, 0.25) is 0 Å². The predicted molar refractivity (Wildman–Crippen MR) is 103 cm³/mol. The normalized spacial score (nSPS) is 10.8. The highest BCUT2D eigenvalue weighted by Crippen LogP contribution is 2.23. The van der Waals surface area contributed by atoms with E-state index < -0.39 is 12.5 Å².